The van der Waals surface area contributed by atoms with E-state index in [9.17, 15) is 4.79 Å². The molecule has 1 aromatic carbocycles. The third kappa shape index (κ3) is 3.62. The number of benzene rings is 1. The molecule has 0 aliphatic rings. The van der Waals surface area contributed by atoms with Crippen LogP contribution in [0.15, 0.2) is 24.3 Å². The van der Waals surface area contributed by atoms with E-state index in [1.54, 1.807) is 12.1 Å². The van der Waals surface area contributed by atoms with Gasteiger partial charge in [-0.1, -0.05) is 20.3 Å². The highest BCUT2D eigenvalue weighted by atomic mass is 16.1. The molecule has 0 saturated carbocycles. The van der Waals surface area contributed by atoms with Crippen molar-refractivity contribution in [1.82, 2.24) is 0 Å². The van der Waals surface area contributed by atoms with Gasteiger partial charge in [0, 0.05) is 17.3 Å². The first-order valence-electron chi connectivity index (χ1n) is 5.30. The molecule has 15 heavy (non-hydrogen) atoms. The predicted molar refractivity (Wildman–Crippen MR) is 63.6 cm³/mol. The van der Waals surface area contributed by atoms with Crippen molar-refractivity contribution in [3.63, 3.8) is 0 Å². The smallest absolute Gasteiger partial charge is 0.227 e. The van der Waals surface area contributed by atoms with Crippen LogP contribution >= 0.6 is 0 Å². The number of nitrogen functional groups attached to an aromatic ring is 1. The van der Waals surface area contributed by atoms with Crippen LogP contribution in [0, 0.1) is 5.92 Å². The molecule has 3 N–H and O–H groups in total. The molecule has 0 heterocycles. The highest BCUT2D eigenvalue weighted by molar-refractivity contribution is 5.92. The van der Waals surface area contributed by atoms with E-state index in [1.165, 1.54) is 0 Å². The molecule has 1 rings (SSSR count). The lowest BCUT2D eigenvalue weighted by molar-refractivity contribution is -0.119. The Hall–Kier alpha value is -1.51. The molecular weight excluding hydrogens is 188 g/mol. The molecule has 0 radical (unpaired) electrons. The fourth-order valence-corrected chi connectivity index (χ4v) is 1.40. The predicted octanol–water partition coefficient (Wildman–Crippen LogP) is 2.64. The second kappa shape index (κ2) is 5.39. The van der Waals surface area contributed by atoms with Gasteiger partial charge in [-0.2, -0.15) is 0 Å². The molecule has 0 bridgehead atoms. The lowest BCUT2D eigenvalue weighted by Crippen LogP contribution is -2.20. The maximum atomic E-state index is 11.6. The van der Waals surface area contributed by atoms with E-state index in [0.29, 0.717) is 5.69 Å². The zero-order valence-corrected chi connectivity index (χ0v) is 9.29. The van der Waals surface area contributed by atoms with Crippen LogP contribution in [0.25, 0.3) is 0 Å². The minimum Gasteiger partial charge on any atom is -0.399 e. The lowest BCUT2D eigenvalue weighted by atomic mass is 10.1. The lowest BCUT2D eigenvalue weighted by Gasteiger charge is -2.10. The second-order valence-corrected chi connectivity index (χ2v) is 3.80. The first-order valence-corrected chi connectivity index (χ1v) is 5.30. The van der Waals surface area contributed by atoms with Crippen LogP contribution in [-0.4, -0.2) is 5.91 Å². The number of hydrogen-bond donors (Lipinski definition) is 2. The average Bonchev–Trinajstić information content (AvgIpc) is 2.22. The van der Waals surface area contributed by atoms with Gasteiger partial charge in [0.1, 0.15) is 0 Å². The zero-order chi connectivity index (χ0) is 11.3. The molecule has 82 valence electrons. The Bertz CT molecular complexity index is 319. The summed E-state index contributed by atoms with van der Waals surface area (Å²) in [6.45, 7) is 4.02. The van der Waals surface area contributed by atoms with E-state index in [0.717, 1.165) is 18.5 Å². The molecule has 0 fully saturated rings. The first kappa shape index (κ1) is 11.6. The van der Waals surface area contributed by atoms with E-state index < -0.39 is 0 Å². The summed E-state index contributed by atoms with van der Waals surface area (Å²) in [6.07, 6.45) is 1.94. The number of hydrogen-bond acceptors (Lipinski definition) is 2. The van der Waals surface area contributed by atoms with Crippen molar-refractivity contribution in [3.8, 4) is 0 Å². The van der Waals surface area contributed by atoms with Crippen LogP contribution in [-0.2, 0) is 4.79 Å². The van der Waals surface area contributed by atoms with E-state index in [4.69, 9.17) is 5.73 Å². The van der Waals surface area contributed by atoms with Gasteiger partial charge in [-0.25, -0.2) is 0 Å². The standard InChI is InChI=1S/C12H18N2O/c1-3-4-9(2)12(15)14-11-7-5-10(13)6-8-11/h5-9H,3-4,13H2,1-2H3,(H,14,15)/t9-/m1/s1. The van der Waals surface area contributed by atoms with Crippen LogP contribution in [0.1, 0.15) is 26.7 Å². The summed E-state index contributed by atoms with van der Waals surface area (Å²) in [5.41, 5.74) is 7.06. The van der Waals surface area contributed by atoms with E-state index >= 15 is 0 Å². The Kier molecular flexibility index (Phi) is 4.16. The maximum Gasteiger partial charge on any atom is 0.227 e. The van der Waals surface area contributed by atoms with Crippen LogP contribution in [0.5, 0.6) is 0 Å². The third-order valence-electron chi connectivity index (χ3n) is 2.35. The van der Waals surface area contributed by atoms with Gasteiger partial charge in [-0.3, -0.25) is 4.79 Å². The molecule has 0 aliphatic heterocycles. The highest BCUT2D eigenvalue weighted by Gasteiger charge is 2.11. The molecular formula is C12H18N2O. The number of nitrogens with one attached hydrogen (secondary N) is 1. The molecule has 1 atom stereocenters. The summed E-state index contributed by atoms with van der Waals surface area (Å²) in [5.74, 6) is 0.133. The van der Waals surface area contributed by atoms with Gasteiger partial charge >= 0.3 is 0 Å². The Morgan fingerprint density at radius 1 is 1.40 bits per heavy atom. The number of anilines is 2. The average molecular weight is 206 g/mol. The maximum absolute atomic E-state index is 11.6. The molecule has 1 amide bonds. The minimum atomic E-state index is 0.0625. The van der Waals surface area contributed by atoms with Gasteiger partial charge in [-0.05, 0) is 30.7 Å². The quantitative estimate of drug-likeness (QED) is 0.744. The Morgan fingerprint density at radius 2 is 2.00 bits per heavy atom. The van der Waals surface area contributed by atoms with Gasteiger partial charge in [0.05, 0.1) is 0 Å². The Balaban J connectivity index is 2.54. The SMILES string of the molecule is CCC[C@@H](C)C(=O)Nc1ccc(N)cc1. The summed E-state index contributed by atoms with van der Waals surface area (Å²) in [6, 6.07) is 7.18. The monoisotopic (exact) mass is 206 g/mol. The number of nitrogens with two attached hydrogens (primary N) is 1. The van der Waals surface area contributed by atoms with Crippen LogP contribution in [0.3, 0.4) is 0 Å². The van der Waals surface area contributed by atoms with Crippen LogP contribution < -0.4 is 11.1 Å². The number of carbonyl (C=O) groups is 1. The first-order chi connectivity index (χ1) is 7.13. The molecule has 3 heteroatoms. The summed E-state index contributed by atoms with van der Waals surface area (Å²) in [7, 11) is 0. The van der Waals surface area contributed by atoms with Crippen molar-refractivity contribution in [2.45, 2.75) is 26.7 Å². The summed E-state index contributed by atoms with van der Waals surface area (Å²) >= 11 is 0. The largest absolute Gasteiger partial charge is 0.399 e. The Morgan fingerprint density at radius 3 is 2.53 bits per heavy atom. The van der Waals surface area contributed by atoms with Crippen molar-refractivity contribution >= 4 is 17.3 Å². The van der Waals surface area contributed by atoms with Gasteiger partial charge in [0.15, 0.2) is 0 Å². The minimum absolute atomic E-state index is 0.0625. The second-order valence-electron chi connectivity index (χ2n) is 3.80. The van der Waals surface area contributed by atoms with Crippen molar-refractivity contribution < 1.29 is 4.79 Å². The van der Waals surface area contributed by atoms with Crippen molar-refractivity contribution in [2.24, 2.45) is 5.92 Å². The van der Waals surface area contributed by atoms with E-state index in [-0.39, 0.29) is 11.8 Å². The van der Waals surface area contributed by atoms with Crippen molar-refractivity contribution in [2.75, 3.05) is 11.1 Å². The van der Waals surface area contributed by atoms with Gasteiger partial charge in [0.2, 0.25) is 5.91 Å². The normalized spacial score (nSPS) is 12.1. The molecule has 1 aromatic rings. The molecule has 0 unspecified atom stereocenters. The van der Waals surface area contributed by atoms with Gasteiger partial charge < -0.3 is 11.1 Å². The topological polar surface area (TPSA) is 55.1 Å². The number of carbonyl (C=O) groups excluding carboxylic acids is 1. The fraction of sp³-hybridized carbons (Fsp3) is 0.417. The van der Waals surface area contributed by atoms with Gasteiger partial charge in [0.25, 0.3) is 0 Å². The fourth-order valence-electron chi connectivity index (χ4n) is 1.40. The van der Waals surface area contributed by atoms with Crippen LogP contribution in [0.4, 0.5) is 11.4 Å². The van der Waals surface area contributed by atoms with Crippen LogP contribution in [0.2, 0.25) is 0 Å². The van der Waals surface area contributed by atoms with E-state index in [2.05, 4.69) is 12.2 Å². The molecule has 0 spiro atoms. The molecule has 3 nitrogen and oxygen atoms in total. The molecule has 0 aliphatic carbocycles. The molecule has 0 aromatic heterocycles. The van der Waals surface area contributed by atoms with Crippen molar-refractivity contribution in [1.29, 1.82) is 0 Å². The summed E-state index contributed by atoms with van der Waals surface area (Å²) < 4.78 is 0. The van der Waals surface area contributed by atoms with Gasteiger partial charge in [-0.15, -0.1) is 0 Å². The van der Waals surface area contributed by atoms with E-state index in [1.807, 2.05) is 19.1 Å². The third-order valence-corrected chi connectivity index (χ3v) is 2.35. The molecule has 0 saturated heterocycles. The number of amides is 1. The van der Waals surface area contributed by atoms with Crippen molar-refractivity contribution in [3.05, 3.63) is 24.3 Å². The Labute approximate surface area is 90.7 Å². The number of rotatable bonds is 4. The summed E-state index contributed by atoms with van der Waals surface area (Å²) in [4.78, 5) is 11.6. The zero-order valence-electron chi connectivity index (χ0n) is 9.29. The summed E-state index contributed by atoms with van der Waals surface area (Å²) in [5, 5.41) is 2.86. The highest BCUT2D eigenvalue weighted by Crippen LogP contribution is 2.13.